The minimum atomic E-state index is 0.136. The van der Waals surface area contributed by atoms with Crippen LogP contribution in [0.5, 0.6) is 5.75 Å². The molecule has 4 rings (SSSR count). The largest absolute Gasteiger partial charge is 0.492 e. The molecule has 2 aromatic rings. The molecule has 116 valence electrons. The van der Waals surface area contributed by atoms with E-state index in [0.29, 0.717) is 17.6 Å². The lowest BCUT2D eigenvalue weighted by Gasteiger charge is -2.15. The van der Waals surface area contributed by atoms with Crippen molar-refractivity contribution in [3.8, 4) is 5.75 Å². The normalized spacial score (nSPS) is 18.0. The van der Waals surface area contributed by atoms with Gasteiger partial charge in [-0.1, -0.05) is 0 Å². The van der Waals surface area contributed by atoms with E-state index in [0.717, 1.165) is 42.9 Å². The summed E-state index contributed by atoms with van der Waals surface area (Å²) in [5.74, 6) is 1.65. The summed E-state index contributed by atoms with van der Waals surface area (Å²) in [6, 6.07) is 5.58. The number of benzene rings is 1. The molecule has 4 nitrogen and oxygen atoms in total. The van der Waals surface area contributed by atoms with Gasteiger partial charge in [-0.3, -0.25) is 9.69 Å². The van der Waals surface area contributed by atoms with Gasteiger partial charge < -0.3 is 9.15 Å². The maximum Gasteiger partial charge on any atom is 0.196 e. The Kier molecular flexibility index (Phi) is 3.62. The summed E-state index contributed by atoms with van der Waals surface area (Å²) in [4.78, 5) is 14.8. The molecule has 0 atom stereocenters. The van der Waals surface area contributed by atoms with E-state index in [1.807, 2.05) is 18.2 Å². The van der Waals surface area contributed by atoms with Crippen LogP contribution in [0.3, 0.4) is 0 Å². The Balaban J connectivity index is 1.53. The van der Waals surface area contributed by atoms with Crippen molar-refractivity contribution < 1.29 is 9.15 Å². The van der Waals surface area contributed by atoms with Crippen LogP contribution in [0.2, 0.25) is 0 Å². The van der Waals surface area contributed by atoms with Crippen LogP contribution in [-0.4, -0.2) is 31.1 Å². The van der Waals surface area contributed by atoms with Gasteiger partial charge in [0.25, 0.3) is 0 Å². The first kappa shape index (κ1) is 13.8. The van der Waals surface area contributed by atoms with Crippen LogP contribution < -0.4 is 10.2 Å². The molecule has 4 heteroatoms. The van der Waals surface area contributed by atoms with E-state index in [4.69, 9.17) is 9.15 Å². The highest BCUT2D eigenvalue weighted by Crippen LogP contribution is 2.26. The molecule has 0 amide bonds. The van der Waals surface area contributed by atoms with Crippen LogP contribution in [0.25, 0.3) is 11.0 Å². The predicted molar refractivity (Wildman–Crippen MR) is 85.7 cm³/mol. The second-order valence-corrected chi connectivity index (χ2v) is 6.24. The lowest BCUT2D eigenvalue weighted by Crippen LogP contribution is -2.25. The first-order chi connectivity index (χ1) is 10.8. The molecular formula is C18H21NO3. The Bertz CT molecular complexity index is 744. The second kappa shape index (κ2) is 5.76. The van der Waals surface area contributed by atoms with Crippen molar-refractivity contribution in [3.63, 3.8) is 0 Å². The van der Waals surface area contributed by atoms with E-state index < -0.39 is 0 Å². The van der Waals surface area contributed by atoms with Crippen LogP contribution in [0, 0.1) is 0 Å². The summed E-state index contributed by atoms with van der Waals surface area (Å²) in [5, 5.41) is 0.674. The van der Waals surface area contributed by atoms with Crippen LogP contribution in [0.1, 0.15) is 30.6 Å². The summed E-state index contributed by atoms with van der Waals surface area (Å²) in [7, 11) is 0. The zero-order valence-corrected chi connectivity index (χ0v) is 12.8. The van der Waals surface area contributed by atoms with Gasteiger partial charge in [0.2, 0.25) is 0 Å². The van der Waals surface area contributed by atoms with Gasteiger partial charge in [-0.15, -0.1) is 0 Å². The molecule has 0 N–H and O–H groups in total. The second-order valence-electron chi connectivity index (χ2n) is 6.24. The number of rotatable bonds is 4. The molecule has 0 spiro atoms. The quantitative estimate of drug-likeness (QED) is 0.870. The lowest BCUT2D eigenvalue weighted by atomic mass is 10.1. The molecule has 2 aliphatic rings. The van der Waals surface area contributed by atoms with Crippen molar-refractivity contribution in [2.45, 2.75) is 32.1 Å². The fourth-order valence-electron chi connectivity index (χ4n) is 3.53. The third-order valence-corrected chi connectivity index (χ3v) is 4.75. The van der Waals surface area contributed by atoms with E-state index in [9.17, 15) is 4.79 Å². The molecule has 1 fully saturated rings. The average molecular weight is 299 g/mol. The number of nitrogens with zero attached hydrogens (tertiary/aromatic N) is 1. The minimum absolute atomic E-state index is 0.136. The molecular weight excluding hydrogens is 278 g/mol. The van der Waals surface area contributed by atoms with Gasteiger partial charge in [0, 0.05) is 24.6 Å². The van der Waals surface area contributed by atoms with E-state index in [1.165, 1.54) is 25.9 Å². The van der Waals surface area contributed by atoms with Gasteiger partial charge in [-0.25, -0.2) is 0 Å². The smallest absolute Gasteiger partial charge is 0.196 e. The van der Waals surface area contributed by atoms with Crippen molar-refractivity contribution in [1.82, 2.24) is 4.90 Å². The summed E-state index contributed by atoms with van der Waals surface area (Å²) < 4.78 is 11.7. The summed E-state index contributed by atoms with van der Waals surface area (Å²) >= 11 is 0. The SMILES string of the molecule is O=c1c2c(oc3cc(OCCN4CCCC4)ccc13)CCC2. The minimum Gasteiger partial charge on any atom is -0.492 e. The Morgan fingerprint density at radius 2 is 2.00 bits per heavy atom. The monoisotopic (exact) mass is 299 g/mol. The van der Waals surface area contributed by atoms with Crippen LogP contribution in [0.4, 0.5) is 0 Å². The van der Waals surface area contributed by atoms with Crippen molar-refractivity contribution in [2.24, 2.45) is 0 Å². The van der Waals surface area contributed by atoms with Gasteiger partial charge in [0.15, 0.2) is 5.43 Å². The number of fused-ring (bicyclic) bond motifs is 2. The van der Waals surface area contributed by atoms with Crippen molar-refractivity contribution in [2.75, 3.05) is 26.2 Å². The number of aryl methyl sites for hydroxylation is 1. The van der Waals surface area contributed by atoms with E-state index in [-0.39, 0.29) is 5.43 Å². The summed E-state index contributed by atoms with van der Waals surface area (Å²) in [5.41, 5.74) is 1.66. The van der Waals surface area contributed by atoms with Crippen molar-refractivity contribution >= 4 is 11.0 Å². The Morgan fingerprint density at radius 1 is 1.14 bits per heavy atom. The fourth-order valence-corrected chi connectivity index (χ4v) is 3.53. The first-order valence-corrected chi connectivity index (χ1v) is 8.25. The maximum atomic E-state index is 12.4. The highest BCUT2D eigenvalue weighted by Gasteiger charge is 2.19. The molecule has 1 saturated heterocycles. The van der Waals surface area contributed by atoms with Crippen LogP contribution in [0.15, 0.2) is 27.4 Å². The van der Waals surface area contributed by atoms with Gasteiger partial charge in [-0.2, -0.15) is 0 Å². The van der Waals surface area contributed by atoms with Crippen LogP contribution in [-0.2, 0) is 12.8 Å². The first-order valence-electron chi connectivity index (χ1n) is 8.25. The maximum absolute atomic E-state index is 12.4. The molecule has 2 heterocycles. The third kappa shape index (κ3) is 2.52. The topological polar surface area (TPSA) is 42.7 Å². The Morgan fingerprint density at radius 3 is 2.86 bits per heavy atom. The highest BCUT2D eigenvalue weighted by molar-refractivity contribution is 5.79. The third-order valence-electron chi connectivity index (χ3n) is 4.75. The van der Waals surface area contributed by atoms with Crippen LogP contribution >= 0.6 is 0 Å². The van der Waals surface area contributed by atoms with E-state index >= 15 is 0 Å². The van der Waals surface area contributed by atoms with Gasteiger partial charge in [-0.05, 0) is 50.9 Å². The van der Waals surface area contributed by atoms with Gasteiger partial charge in [0.1, 0.15) is 23.7 Å². The van der Waals surface area contributed by atoms with Gasteiger partial charge in [0.05, 0.1) is 5.39 Å². The van der Waals surface area contributed by atoms with E-state index in [1.54, 1.807) is 0 Å². The summed E-state index contributed by atoms with van der Waals surface area (Å²) in [6.07, 6.45) is 5.34. The van der Waals surface area contributed by atoms with Crippen molar-refractivity contribution in [3.05, 3.63) is 39.7 Å². The van der Waals surface area contributed by atoms with E-state index in [2.05, 4.69) is 4.90 Å². The lowest BCUT2D eigenvalue weighted by molar-refractivity contribution is 0.238. The zero-order chi connectivity index (χ0) is 14.9. The standard InChI is InChI=1S/C18H21NO3/c20-18-14-4-3-5-16(14)22-17-12-13(6-7-15(17)18)21-11-10-19-8-1-2-9-19/h6-7,12H,1-5,8-11H2. The Hall–Kier alpha value is -1.81. The van der Waals surface area contributed by atoms with Crippen molar-refractivity contribution in [1.29, 1.82) is 0 Å². The fraction of sp³-hybridized carbons (Fsp3) is 0.500. The number of likely N-dealkylation sites (tertiary alicyclic amines) is 1. The molecule has 1 aromatic heterocycles. The molecule has 0 radical (unpaired) electrons. The average Bonchev–Trinajstić information content (AvgIpc) is 3.18. The number of hydrogen-bond donors (Lipinski definition) is 0. The molecule has 0 bridgehead atoms. The Labute approximate surface area is 129 Å². The molecule has 22 heavy (non-hydrogen) atoms. The van der Waals surface area contributed by atoms with Gasteiger partial charge >= 0.3 is 0 Å². The zero-order valence-electron chi connectivity index (χ0n) is 12.8. The molecule has 1 aromatic carbocycles. The predicted octanol–water partition coefficient (Wildman–Crippen LogP) is 2.76. The summed E-state index contributed by atoms with van der Waals surface area (Å²) in [6.45, 7) is 4.01. The molecule has 1 aliphatic carbocycles. The molecule has 0 unspecified atom stereocenters. The molecule has 1 aliphatic heterocycles. The highest BCUT2D eigenvalue weighted by atomic mass is 16.5. The number of ether oxygens (including phenoxy) is 1. The molecule has 0 saturated carbocycles. The number of hydrogen-bond acceptors (Lipinski definition) is 4.